The van der Waals surface area contributed by atoms with Crippen LogP contribution in [0.4, 0.5) is 4.39 Å². The summed E-state index contributed by atoms with van der Waals surface area (Å²) in [6.07, 6.45) is 0.681. The van der Waals surface area contributed by atoms with E-state index in [1.165, 1.54) is 12.1 Å². The van der Waals surface area contributed by atoms with Gasteiger partial charge in [-0.15, -0.1) is 0 Å². The summed E-state index contributed by atoms with van der Waals surface area (Å²) in [5.41, 5.74) is 5.59. The van der Waals surface area contributed by atoms with Crippen molar-refractivity contribution in [2.24, 2.45) is 5.73 Å². The van der Waals surface area contributed by atoms with Crippen LogP contribution in [0.2, 0.25) is 0 Å². The molecule has 0 heterocycles. The molecule has 3 nitrogen and oxygen atoms in total. The highest BCUT2D eigenvalue weighted by molar-refractivity contribution is 5.94. The number of carbonyl (C=O) groups is 1. The van der Waals surface area contributed by atoms with Gasteiger partial charge in [-0.25, -0.2) is 4.39 Å². The Morgan fingerprint density at radius 1 is 1.53 bits per heavy atom. The molecule has 1 aromatic rings. The van der Waals surface area contributed by atoms with Gasteiger partial charge in [-0.1, -0.05) is 12.1 Å². The molecule has 0 spiro atoms. The first-order valence-corrected chi connectivity index (χ1v) is 4.89. The maximum Gasteiger partial charge on any atom is 0.254 e. The van der Waals surface area contributed by atoms with Gasteiger partial charge in [-0.3, -0.25) is 4.79 Å². The third kappa shape index (κ3) is 3.67. The first-order valence-electron chi connectivity index (χ1n) is 4.89. The van der Waals surface area contributed by atoms with Gasteiger partial charge in [-0.2, -0.15) is 0 Å². The molecule has 1 amide bonds. The molecule has 1 unspecified atom stereocenters. The lowest BCUT2D eigenvalue weighted by Crippen LogP contribution is -2.29. The standard InChI is InChI=1S/C11H15FN2O/c1-8(13)6-7-14-11(15)9-4-2-3-5-10(9)12/h2-5,8H,6-7,13H2,1H3,(H,14,15). The Morgan fingerprint density at radius 3 is 2.80 bits per heavy atom. The molecule has 1 rings (SSSR count). The summed E-state index contributed by atoms with van der Waals surface area (Å²) < 4.78 is 13.1. The van der Waals surface area contributed by atoms with E-state index in [0.29, 0.717) is 13.0 Å². The Kier molecular flexibility index (Phi) is 4.24. The average molecular weight is 210 g/mol. The minimum absolute atomic E-state index is 0.0333. The summed E-state index contributed by atoms with van der Waals surface area (Å²) in [6.45, 7) is 2.32. The van der Waals surface area contributed by atoms with Crippen LogP contribution in [-0.2, 0) is 0 Å². The van der Waals surface area contributed by atoms with Crippen LogP contribution in [0.15, 0.2) is 24.3 Å². The number of halogens is 1. The minimum Gasteiger partial charge on any atom is -0.352 e. The van der Waals surface area contributed by atoms with Gasteiger partial charge in [0.1, 0.15) is 5.82 Å². The third-order valence-electron chi connectivity index (χ3n) is 2.00. The van der Waals surface area contributed by atoms with Crippen LogP contribution < -0.4 is 11.1 Å². The Balaban J connectivity index is 2.51. The van der Waals surface area contributed by atoms with Crippen LogP contribution in [0.5, 0.6) is 0 Å². The van der Waals surface area contributed by atoms with Crippen molar-refractivity contribution in [2.75, 3.05) is 6.54 Å². The second-order valence-corrected chi connectivity index (χ2v) is 3.50. The van der Waals surface area contributed by atoms with Crippen LogP contribution >= 0.6 is 0 Å². The molecule has 3 N–H and O–H groups in total. The highest BCUT2D eigenvalue weighted by Gasteiger charge is 2.09. The van der Waals surface area contributed by atoms with E-state index in [0.717, 1.165) is 0 Å². The number of benzene rings is 1. The lowest BCUT2D eigenvalue weighted by molar-refractivity contribution is 0.0949. The van der Waals surface area contributed by atoms with Crippen LogP contribution in [0.3, 0.4) is 0 Å². The second kappa shape index (κ2) is 5.46. The summed E-state index contributed by atoms with van der Waals surface area (Å²) in [6, 6.07) is 5.93. The van der Waals surface area contributed by atoms with E-state index in [4.69, 9.17) is 5.73 Å². The summed E-state index contributed by atoms with van der Waals surface area (Å²) in [7, 11) is 0. The molecule has 0 aliphatic rings. The summed E-state index contributed by atoms with van der Waals surface area (Å²) in [4.78, 5) is 11.5. The fourth-order valence-corrected chi connectivity index (χ4v) is 1.15. The molecule has 0 fully saturated rings. The smallest absolute Gasteiger partial charge is 0.254 e. The van der Waals surface area contributed by atoms with Gasteiger partial charge in [0, 0.05) is 12.6 Å². The predicted molar refractivity (Wildman–Crippen MR) is 57.0 cm³/mol. The van der Waals surface area contributed by atoms with Gasteiger partial charge in [0.2, 0.25) is 0 Å². The molecule has 0 aromatic heterocycles. The van der Waals surface area contributed by atoms with Crippen molar-refractivity contribution in [2.45, 2.75) is 19.4 Å². The molecule has 4 heteroatoms. The number of carbonyl (C=O) groups excluding carboxylic acids is 1. The zero-order chi connectivity index (χ0) is 11.3. The van der Waals surface area contributed by atoms with Crippen LogP contribution in [0.1, 0.15) is 23.7 Å². The average Bonchev–Trinajstić information content (AvgIpc) is 2.17. The van der Waals surface area contributed by atoms with E-state index < -0.39 is 11.7 Å². The van der Waals surface area contributed by atoms with E-state index >= 15 is 0 Å². The Hall–Kier alpha value is -1.42. The summed E-state index contributed by atoms with van der Waals surface area (Å²) in [5, 5.41) is 2.61. The molecular formula is C11H15FN2O. The van der Waals surface area contributed by atoms with Gasteiger partial charge in [0.15, 0.2) is 0 Å². The molecule has 0 saturated carbocycles. The maximum absolute atomic E-state index is 13.1. The SMILES string of the molecule is CC(N)CCNC(=O)c1ccccc1F. The van der Waals surface area contributed by atoms with Crippen molar-refractivity contribution in [1.82, 2.24) is 5.32 Å². The Morgan fingerprint density at radius 2 is 2.20 bits per heavy atom. The quantitative estimate of drug-likeness (QED) is 0.786. The molecule has 0 aliphatic carbocycles. The molecule has 0 bridgehead atoms. The van der Waals surface area contributed by atoms with Gasteiger partial charge >= 0.3 is 0 Å². The van der Waals surface area contributed by atoms with E-state index in [9.17, 15) is 9.18 Å². The van der Waals surface area contributed by atoms with Gasteiger partial charge in [0.05, 0.1) is 5.56 Å². The van der Waals surface area contributed by atoms with Crippen molar-refractivity contribution in [3.8, 4) is 0 Å². The lowest BCUT2D eigenvalue weighted by atomic mass is 10.2. The van der Waals surface area contributed by atoms with Crippen molar-refractivity contribution < 1.29 is 9.18 Å². The molecule has 0 aliphatic heterocycles. The first kappa shape index (κ1) is 11.7. The lowest BCUT2D eigenvalue weighted by Gasteiger charge is -2.07. The predicted octanol–water partition coefficient (Wildman–Crippen LogP) is 1.29. The number of hydrogen-bond donors (Lipinski definition) is 2. The molecule has 15 heavy (non-hydrogen) atoms. The highest BCUT2D eigenvalue weighted by atomic mass is 19.1. The zero-order valence-corrected chi connectivity index (χ0v) is 8.66. The van der Waals surface area contributed by atoms with Crippen LogP contribution in [0.25, 0.3) is 0 Å². The summed E-state index contributed by atoms with van der Waals surface area (Å²) in [5.74, 6) is -0.899. The zero-order valence-electron chi connectivity index (χ0n) is 8.66. The number of hydrogen-bond acceptors (Lipinski definition) is 2. The van der Waals surface area contributed by atoms with Crippen molar-refractivity contribution >= 4 is 5.91 Å². The molecular weight excluding hydrogens is 195 g/mol. The number of nitrogens with one attached hydrogen (secondary N) is 1. The highest BCUT2D eigenvalue weighted by Crippen LogP contribution is 2.05. The number of rotatable bonds is 4. The van der Waals surface area contributed by atoms with Crippen LogP contribution in [0, 0.1) is 5.82 Å². The monoisotopic (exact) mass is 210 g/mol. The number of amides is 1. The van der Waals surface area contributed by atoms with Crippen molar-refractivity contribution in [3.63, 3.8) is 0 Å². The fraction of sp³-hybridized carbons (Fsp3) is 0.364. The Bertz CT molecular complexity index is 339. The van der Waals surface area contributed by atoms with Crippen molar-refractivity contribution in [3.05, 3.63) is 35.6 Å². The largest absolute Gasteiger partial charge is 0.352 e. The second-order valence-electron chi connectivity index (χ2n) is 3.50. The van der Waals surface area contributed by atoms with Crippen molar-refractivity contribution in [1.29, 1.82) is 0 Å². The van der Waals surface area contributed by atoms with Crippen LogP contribution in [-0.4, -0.2) is 18.5 Å². The molecule has 0 radical (unpaired) electrons. The van der Waals surface area contributed by atoms with E-state index in [2.05, 4.69) is 5.32 Å². The van der Waals surface area contributed by atoms with Gasteiger partial charge in [0.25, 0.3) is 5.91 Å². The topological polar surface area (TPSA) is 55.1 Å². The molecule has 1 atom stereocenters. The molecule has 1 aromatic carbocycles. The van der Waals surface area contributed by atoms with E-state index in [-0.39, 0.29) is 11.6 Å². The summed E-state index contributed by atoms with van der Waals surface area (Å²) >= 11 is 0. The molecule has 0 saturated heterocycles. The van der Waals surface area contributed by atoms with Gasteiger partial charge < -0.3 is 11.1 Å². The Labute approximate surface area is 88.5 Å². The van der Waals surface area contributed by atoms with E-state index in [1.54, 1.807) is 12.1 Å². The first-order chi connectivity index (χ1) is 7.11. The van der Waals surface area contributed by atoms with E-state index in [1.807, 2.05) is 6.92 Å². The fourth-order valence-electron chi connectivity index (χ4n) is 1.15. The van der Waals surface area contributed by atoms with Gasteiger partial charge in [-0.05, 0) is 25.5 Å². The third-order valence-corrected chi connectivity index (χ3v) is 2.00. The molecule has 82 valence electrons. The number of nitrogens with two attached hydrogens (primary N) is 1. The normalized spacial score (nSPS) is 12.2. The maximum atomic E-state index is 13.1. The minimum atomic E-state index is -0.504.